The molecule has 0 saturated heterocycles. The topological polar surface area (TPSA) is 61.4 Å². The Morgan fingerprint density at radius 3 is 2.71 bits per heavy atom. The largest absolute Gasteiger partial charge is 0.506 e. The zero-order valence-electron chi connectivity index (χ0n) is 13.8. The molecule has 0 aliphatic rings. The summed E-state index contributed by atoms with van der Waals surface area (Å²) in [5, 5.41) is 22.9. The molecule has 2 rings (SSSR count). The number of nitriles is 1. The van der Waals surface area contributed by atoms with E-state index in [1.165, 1.54) is 16.2 Å². The highest BCUT2D eigenvalue weighted by Gasteiger charge is 2.16. The molecule has 0 aliphatic carbocycles. The Labute approximate surface area is 151 Å². The SMILES string of the molecule is CCCC[NH+](C)C/C(O)=C(\C#N)c1nc(-c2ccc(Cl)cc2)cs1. The molecule has 4 nitrogen and oxygen atoms in total. The summed E-state index contributed by atoms with van der Waals surface area (Å²) in [7, 11) is 2.02. The second-order valence-corrected chi connectivity index (χ2v) is 7.01. The van der Waals surface area contributed by atoms with Crippen molar-refractivity contribution in [3.05, 3.63) is 45.4 Å². The number of rotatable bonds is 7. The predicted molar refractivity (Wildman–Crippen MR) is 99.3 cm³/mol. The zero-order valence-corrected chi connectivity index (χ0v) is 15.4. The molecule has 1 atom stereocenters. The van der Waals surface area contributed by atoms with Gasteiger partial charge in [0.05, 0.1) is 19.3 Å². The fraction of sp³-hybridized carbons (Fsp3) is 0.333. The summed E-state index contributed by atoms with van der Waals surface area (Å²) in [6.07, 6.45) is 2.21. The Hall–Kier alpha value is -1.87. The Balaban J connectivity index is 2.20. The smallest absolute Gasteiger partial charge is 0.168 e. The molecule has 0 saturated carbocycles. The van der Waals surface area contributed by atoms with E-state index in [2.05, 4.69) is 18.0 Å². The van der Waals surface area contributed by atoms with Crippen LogP contribution >= 0.6 is 22.9 Å². The number of aliphatic hydroxyl groups excluding tert-OH is 1. The number of hydrogen-bond acceptors (Lipinski definition) is 4. The lowest BCUT2D eigenvalue weighted by atomic mass is 10.2. The minimum atomic E-state index is 0.100. The van der Waals surface area contributed by atoms with Gasteiger partial charge in [-0.25, -0.2) is 4.98 Å². The van der Waals surface area contributed by atoms with Crippen LogP contribution in [-0.4, -0.2) is 30.2 Å². The van der Waals surface area contributed by atoms with Gasteiger partial charge in [-0.15, -0.1) is 11.3 Å². The molecule has 0 aliphatic heterocycles. The summed E-state index contributed by atoms with van der Waals surface area (Å²) in [5.74, 6) is 0.100. The maximum Gasteiger partial charge on any atom is 0.168 e. The fourth-order valence-corrected chi connectivity index (χ4v) is 3.29. The van der Waals surface area contributed by atoms with Crippen LogP contribution in [0.2, 0.25) is 5.02 Å². The number of nitrogens with zero attached hydrogens (tertiary/aromatic N) is 2. The number of likely N-dealkylation sites (N-methyl/N-ethyl adjacent to an activating group) is 1. The average Bonchev–Trinajstić information content (AvgIpc) is 3.04. The van der Waals surface area contributed by atoms with Gasteiger partial charge in [0, 0.05) is 16.0 Å². The molecule has 24 heavy (non-hydrogen) atoms. The number of hydrogen-bond donors (Lipinski definition) is 2. The third kappa shape index (κ3) is 4.81. The Kier molecular flexibility index (Phi) is 6.80. The number of thiazole rings is 1. The molecule has 6 heteroatoms. The van der Waals surface area contributed by atoms with Gasteiger partial charge < -0.3 is 10.0 Å². The number of unbranched alkanes of at least 4 members (excludes halogenated alkanes) is 1. The summed E-state index contributed by atoms with van der Waals surface area (Å²) < 4.78 is 0. The molecule has 1 aromatic carbocycles. The van der Waals surface area contributed by atoms with Crippen molar-refractivity contribution < 1.29 is 10.0 Å². The summed E-state index contributed by atoms with van der Waals surface area (Å²) >= 11 is 7.26. The lowest BCUT2D eigenvalue weighted by molar-refractivity contribution is -0.876. The van der Waals surface area contributed by atoms with Crippen LogP contribution in [0.4, 0.5) is 0 Å². The van der Waals surface area contributed by atoms with E-state index in [4.69, 9.17) is 11.6 Å². The van der Waals surface area contributed by atoms with Crippen molar-refractivity contribution in [3.63, 3.8) is 0 Å². The fourth-order valence-electron chi connectivity index (χ4n) is 2.32. The normalized spacial score (nSPS) is 13.2. The number of aliphatic hydroxyl groups is 1. The van der Waals surface area contributed by atoms with Gasteiger partial charge in [-0.2, -0.15) is 5.26 Å². The summed E-state index contributed by atoms with van der Waals surface area (Å²) in [6, 6.07) is 9.49. The van der Waals surface area contributed by atoms with Gasteiger partial charge in [-0.1, -0.05) is 37.1 Å². The second kappa shape index (κ2) is 8.84. The van der Waals surface area contributed by atoms with E-state index in [9.17, 15) is 10.4 Å². The third-order valence-electron chi connectivity index (χ3n) is 3.68. The first-order chi connectivity index (χ1) is 11.5. The average molecular weight is 363 g/mol. The molecule has 2 N–H and O–H groups in total. The van der Waals surface area contributed by atoms with Crippen molar-refractivity contribution in [1.29, 1.82) is 5.26 Å². The van der Waals surface area contributed by atoms with E-state index in [1.54, 1.807) is 12.1 Å². The molecule has 1 aromatic heterocycles. The van der Waals surface area contributed by atoms with Gasteiger partial charge >= 0.3 is 0 Å². The molecule has 0 fully saturated rings. The monoisotopic (exact) mass is 362 g/mol. The van der Waals surface area contributed by atoms with Crippen molar-refractivity contribution >= 4 is 28.5 Å². The Morgan fingerprint density at radius 1 is 1.38 bits per heavy atom. The van der Waals surface area contributed by atoms with Gasteiger partial charge in [-0.3, -0.25) is 0 Å². The molecule has 1 heterocycles. The second-order valence-electron chi connectivity index (χ2n) is 5.72. The lowest BCUT2D eigenvalue weighted by Crippen LogP contribution is -3.09. The molecule has 1 unspecified atom stereocenters. The highest BCUT2D eigenvalue weighted by molar-refractivity contribution is 7.11. The number of nitrogens with one attached hydrogen (secondary N) is 1. The standard InChI is InChI=1S/C18H20ClN3OS/c1-3-4-9-22(2)11-17(23)15(10-20)18-21-16(12-24-18)13-5-7-14(19)8-6-13/h5-8,12,23H,3-4,9,11H2,1-2H3/p+1/b17-15-. The maximum atomic E-state index is 10.3. The van der Waals surface area contributed by atoms with Crippen molar-refractivity contribution in [1.82, 2.24) is 4.98 Å². The van der Waals surface area contributed by atoms with Crippen LogP contribution < -0.4 is 4.90 Å². The molecule has 0 amide bonds. The van der Waals surface area contributed by atoms with Crippen molar-refractivity contribution in [2.24, 2.45) is 0 Å². The maximum absolute atomic E-state index is 10.3. The molecule has 2 aromatic rings. The number of benzene rings is 1. The molecule has 126 valence electrons. The van der Waals surface area contributed by atoms with E-state index in [-0.39, 0.29) is 11.3 Å². The molecular weight excluding hydrogens is 342 g/mol. The lowest BCUT2D eigenvalue weighted by Gasteiger charge is -2.13. The van der Waals surface area contributed by atoms with E-state index >= 15 is 0 Å². The van der Waals surface area contributed by atoms with Crippen LogP contribution in [-0.2, 0) is 0 Å². The minimum absolute atomic E-state index is 0.100. The van der Waals surface area contributed by atoms with Crippen LogP contribution in [0.15, 0.2) is 35.4 Å². The first-order valence-corrected chi connectivity index (χ1v) is 9.16. The van der Waals surface area contributed by atoms with Crippen LogP contribution in [0.1, 0.15) is 24.8 Å². The predicted octanol–water partition coefficient (Wildman–Crippen LogP) is 3.57. The van der Waals surface area contributed by atoms with Gasteiger partial charge in [0.25, 0.3) is 0 Å². The number of halogens is 1. The highest BCUT2D eigenvalue weighted by Crippen LogP contribution is 2.27. The van der Waals surface area contributed by atoms with E-state index in [0.29, 0.717) is 16.6 Å². The Morgan fingerprint density at radius 2 is 2.08 bits per heavy atom. The first-order valence-electron chi connectivity index (χ1n) is 7.90. The third-order valence-corrected chi connectivity index (χ3v) is 4.80. The van der Waals surface area contributed by atoms with Gasteiger partial charge in [0.2, 0.25) is 0 Å². The molecule has 0 radical (unpaired) electrons. The van der Waals surface area contributed by atoms with Crippen LogP contribution in [0, 0.1) is 11.3 Å². The summed E-state index contributed by atoms with van der Waals surface area (Å²) in [6.45, 7) is 3.53. The zero-order chi connectivity index (χ0) is 17.5. The van der Waals surface area contributed by atoms with E-state index in [0.717, 1.165) is 30.6 Å². The van der Waals surface area contributed by atoms with Crippen LogP contribution in [0.25, 0.3) is 16.8 Å². The summed E-state index contributed by atoms with van der Waals surface area (Å²) in [5.41, 5.74) is 1.97. The van der Waals surface area contributed by atoms with Crippen LogP contribution in [0.5, 0.6) is 0 Å². The van der Waals surface area contributed by atoms with Crippen molar-refractivity contribution in [2.45, 2.75) is 19.8 Å². The van der Waals surface area contributed by atoms with E-state index < -0.39 is 0 Å². The number of quaternary nitrogens is 1. The van der Waals surface area contributed by atoms with Gasteiger partial charge in [0.15, 0.2) is 5.76 Å². The Bertz CT molecular complexity index is 746. The quantitative estimate of drug-likeness (QED) is 0.584. The summed E-state index contributed by atoms with van der Waals surface area (Å²) in [4.78, 5) is 5.68. The van der Waals surface area contributed by atoms with Gasteiger partial charge in [0.1, 0.15) is 23.2 Å². The molecule has 0 bridgehead atoms. The van der Waals surface area contributed by atoms with Crippen molar-refractivity contribution in [3.8, 4) is 17.3 Å². The first kappa shape index (κ1) is 18.5. The minimum Gasteiger partial charge on any atom is -0.506 e. The van der Waals surface area contributed by atoms with Crippen molar-refractivity contribution in [2.75, 3.05) is 20.1 Å². The highest BCUT2D eigenvalue weighted by atomic mass is 35.5. The molecular formula is C18H21ClN3OS+. The van der Waals surface area contributed by atoms with Crippen LogP contribution in [0.3, 0.4) is 0 Å². The van der Waals surface area contributed by atoms with E-state index in [1.807, 2.05) is 24.6 Å². The van der Waals surface area contributed by atoms with Gasteiger partial charge in [-0.05, 0) is 18.6 Å². The molecule has 0 spiro atoms. The number of allylic oxidation sites excluding steroid dienone is 1. The number of aromatic nitrogens is 1.